The Morgan fingerprint density at radius 2 is 2.33 bits per heavy atom. The third-order valence-corrected chi connectivity index (χ3v) is 2.94. The van der Waals surface area contributed by atoms with E-state index in [9.17, 15) is 0 Å². The molecule has 1 aromatic rings. The van der Waals surface area contributed by atoms with E-state index in [1.54, 1.807) is 0 Å². The van der Waals surface area contributed by atoms with Gasteiger partial charge in [0.15, 0.2) is 5.82 Å². The Labute approximate surface area is 90.4 Å². The summed E-state index contributed by atoms with van der Waals surface area (Å²) in [5.41, 5.74) is 0.0439. The summed E-state index contributed by atoms with van der Waals surface area (Å²) in [6, 6.07) is 0. The fraction of sp³-hybridized carbons (Fsp3) is 0.818. The van der Waals surface area contributed by atoms with Crippen molar-refractivity contribution in [2.75, 3.05) is 13.1 Å². The molecule has 84 valence electrons. The highest BCUT2D eigenvalue weighted by Crippen LogP contribution is 2.28. The Morgan fingerprint density at radius 1 is 1.53 bits per heavy atom. The summed E-state index contributed by atoms with van der Waals surface area (Å²) >= 11 is 0. The van der Waals surface area contributed by atoms with Gasteiger partial charge in [0.1, 0.15) is 0 Å². The van der Waals surface area contributed by atoms with Crippen molar-refractivity contribution in [2.45, 2.75) is 39.0 Å². The van der Waals surface area contributed by atoms with Crippen LogP contribution in [0.4, 0.5) is 0 Å². The Morgan fingerprint density at radius 3 is 2.93 bits per heavy atom. The van der Waals surface area contributed by atoms with Gasteiger partial charge >= 0.3 is 0 Å². The summed E-state index contributed by atoms with van der Waals surface area (Å²) < 4.78 is 5.35. The Bertz CT molecular complexity index is 326. The van der Waals surface area contributed by atoms with Gasteiger partial charge in [-0.2, -0.15) is 4.98 Å². The second-order valence-electron chi connectivity index (χ2n) is 5.10. The minimum Gasteiger partial charge on any atom is -0.339 e. The predicted octanol–water partition coefficient (Wildman–Crippen LogP) is 1.52. The molecule has 15 heavy (non-hydrogen) atoms. The monoisotopic (exact) mass is 209 g/mol. The van der Waals surface area contributed by atoms with Crippen molar-refractivity contribution < 1.29 is 4.52 Å². The van der Waals surface area contributed by atoms with Crippen molar-refractivity contribution in [1.82, 2.24) is 15.5 Å². The molecule has 1 saturated heterocycles. The molecule has 1 unspecified atom stereocenters. The van der Waals surface area contributed by atoms with E-state index in [1.807, 2.05) is 0 Å². The average Bonchev–Trinajstić information content (AvgIpc) is 2.74. The summed E-state index contributed by atoms with van der Waals surface area (Å²) in [6.07, 6.45) is 1.98. The highest BCUT2D eigenvalue weighted by Gasteiger charge is 2.36. The van der Waals surface area contributed by atoms with Crippen LogP contribution in [-0.4, -0.2) is 23.2 Å². The lowest BCUT2D eigenvalue weighted by Gasteiger charge is -2.15. The van der Waals surface area contributed by atoms with Crippen molar-refractivity contribution in [2.24, 2.45) is 5.92 Å². The molecule has 1 atom stereocenters. The summed E-state index contributed by atoms with van der Waals surface area (Å²) in [6.45, 7) is 8.48. The van der Waals surface area contributed by atoms with E-state index in [0.717, 1.165) is 37.6 Å². The van der Waals surface area contributed by atoms with Crippen molar-refractivity contribution in [3.8, 4) is 0 Å². The number of nitrogens with one attached hydrogen (secondary N) is 1. The van der Waals surface area contributed by atoms with Crippen LogP contribution < -0.4 is 5.32 Å². The summed E-state index contributed by atoms with van der Waals surface area (Å²) in [5.74, 6) is 2.21. The average molecular weight is 209 g/mol. The number of hydrogen-bond acceptors (Lipinski definition) is 4. The minimum absolute atomic E-state index is 0.0439. The van der Waals surface area contributed by atoms with E-state index in [-0.39, 0.29) is 5.41 Å². The summed E-state index contributed by atoms with van der Waals surface area (Å²) in [4.78, 5) is 4.49. The van der Waals surface area contributed by atoms with E-state index in [1.165, 1.54) is 0 Å². The molecule has 0 saturated carbocycles. The molecule has 0 aromatic carbocycles. The van der Waals surface area contributed by atoms with Gasteiger partial charge in [0.2, 0.25) is 5.89 Å². The normalized spacial score (nSPS) is 26.4. The number of aromatic nitrogens is 2. The highest BCUT2D eigenvalue weighted by molar-refractivity contribution is 5.07. The van der Waals surface area contributed by atoms with Crippen LogP contribution in [0.2, 0.25) is 0 Å². The van der Waals surface area contributed by atoms with Crippen LogP contribution >= 0.6 is 0 Å². The van der Waals surface area contributed by atoms with Gasteiger partial charge in [0, 0.05) is 13.0 Å². The maximum Gasteiger partial charge on any atom is 0.233 e. The maximum atomic E-state index is 5.35. The fourth-order valence-corrected chi connectivity index (χ4v) is 1.95. The van der Waals surface area contributed by atoms with E-state index >= 15 is 0 Å². The van der Waals surface area contributed by atoms with Gasteiger partial charge in [-0.3, -0.25) is 0 Å². The van der Waals surface area contributed by atoms with Gasteiger partial charge < -0.3 is 9.84 Å². The summed E-state index contributed by atoms with van der Waals surface area (Å²) in [7, 11) is 0. The van der Waals surface area contributed by atoms with Crippen LogP contribution in [0.3, 0.4) is 0 Å². The Balaban J connectivity index is 2.12. The molecule has 1 N–H and O–H groups in total. The third kappa shape index (κ3) is 2.20. The number of nitrogens with zero attached hydrogens (tertiary/aromatic N) is 2. The molecule has 2 rings (SSSR count). The smallest absolute Gasteiger partial charge is 0.233 e. The van der Waals surface area contributed by atoms with Crippen molar-refractivity contribution in [3.05, 3.63) is 11.7 Å². The maximum absolute atomic E-state index is 5.35. The molecule has 1 aliphatic rings. The quantitative estimate of drug-likeness (QED) is 0.820. The largest absolute Gasteiger partial charge is 0.339 e. The Kier molecular flexibility index (Phi) is 2.78. The lowest BCUT2D eigenvalue weighted by Crippen LogP contribution is -2.25. The molecule has 0 amide bonds. The molecule has 0 aliphatic carbocycles. The van der Waals surface area contributed by atoms with Crippen LogP contribution in [0.5, 0.6) is 0 Å². The van der Waals surface area contributed by atoms with Crippen LogP contribution in [0.15, 0.2) is 4.52 Å². The van der Waals surface area contributed by atoms with Crippen molar-refractivity contribution >= 4 is 0 Å². The van der Waals surface area contributed by atoms with E-state index < -0.39 is 0 Å². The van der Waals surface area contributed by atoms with E-state index in [2.05, 4.69) is 36.2 Å². The molecular weight excluding hydrogens is 190 g/mol. The lowest BCUT2D eigenvalue weighted by molar-refractivity contribution is 0.304. The zero-order chi connectivity index (χ0) is 10.9. The zero-order valence-corrected chi connectivity index (χ0v) is 9.71. The van der Waals surface area contributed by atoms with Gasteiger partial charge in [0.25, 0.3) is 0 Å². The van der Waals surface area contributed by atoms with Crippen LogP contribution in [-0.2, 0) is 11.8 Å². The SMILES string of the molecule is CC(C)Cc1noc(C2(C)CCNC2)n1. The standard InChI is InChI=1S/C11H19N3O/c1-8(2)6-9-13-10(15-14-9)11(3)4-5-12-7-11/h8,12H,4-7H2,1-3H3. The van der Waals surface area contributed by atoms with Crippen LogP contribution in [0.25, 0.3) is 0 Å². The summed E-state index contributed by atoms with van der Waals surface area (Å²) in [5, 5.41) is 7.37. The highest BCUT2D eigenvalue weighted by atomic mass is 16.5. The van der Waals surface area contributed by atoms with E-state index in [4.69, 9.17) is 4.52 Å². The molecule has 4 nitrogen and oxygen atoms in total. The van der Waals surface area contributed by atoms with Gasteiger partial charge in [-0.15, -0.1) is 0 Å². The first-order chi connectivity index (χ1) is 7.10. The van der Waals surface area contributed by atoms with Crippen molar-refractivity contribution in [3.63, 3.8) is 0 Å². The fourth-order valence-electron chi connectivity index (χ4n) is 1.95. The van der Waals surface area contributed by atoms with E-state index in [0.29, 0.717) is 5.92 Å². The number of hydrogen-bond donors (Lipinski definition) is 1. The van der Waals surface area contributed by atoms with Crippen molar-refractivity contribution in [1.29, 1.82) is 0 Å². The number of rotatable bonds is 3. The van der Waals surface area contributed by atoms with Gasteiger partial charge in [0.05, 0.1) is 5.41 Å². The topological polar surface area (TPSA) is 51.0 Å². The molecule has 4 heteroatoms. The molecule has 0 spiro atoms. The molecule has 0 bridgehead atoms. The molecular formula is C11H19N3O. The minimum atomic E-state index is 0.0439. The zero-order valence-electron chi connectivity index (χ0n) is 9.71. The second-order valence-corrected chi connectivity index (χ2v) is 5.10. The first kappa shape index (κ1) is 10.6. The predicted molar refractivity (Wildman–Crippen MR) is 57.7 cm³/mol. The van der Waals surface area contributed by atoms with Crippen LogP contribution in [0, 0.1) is 5.92 Å². The second kappa shape index (κ2) is 3.93. The molecule has 1 aromatic heterocycles. The first-order valence-electron chi connectivity index (χ1n) is 5.64. The van der Waals surface area contributed by atoms with Crippen LogP contribution in [0.1, 0.15) is 38.9 Å². The molecule has 0 radical (unpaired) electrons. The van der Waals surface area contributed by atoms with Gasteiger partial charge in [-0.1, -0.05) is 19.0 Å². The van der Waals surface area contributed by atoms with Gasteiger partial charge in [-0.25, -0.2) is 0 Å². The molecule has 2 heterocycles. The lowest BCUT2D eigenvalue weighted by atomic mass is 9.90. The van der Waals surface area contributed by atoms with Gasteiger partial charge in [-0.05, 0) is 25.8 Å². The Hall–Kier alpha value is -0.900. The molecule has 1 fully saturated rings. The molecule has 1 aliphatic heterocycles. The first-order valence-corrected chi connectivity index (χ1v) is 5.64. The third-order valence-electron chi connectivity index (χ3n) is 2.94.